The molecule has 2 amide bonds. The van der Waals surface area contributed by atoms with Gasteiger partial charge in [-0.2, -0.15) is 0 Å². The number of hydrogen-bond acceptors (Lipinski definition) is 6. The molecule has 0 saturated heterocycles. The van der Waals surface area contributed by atoms with E-state index in [2.05, 4.69) is 28.5 Å². The van der Waals surface area contributed by atoms with Crippen LogP contribution in [0.3, 0.4) is 0 Å². The number of pyridine rings is 1. The second kappa shape index (κ2) is 14.5. The quantitative estimate of drug-likeness (QED) is 0.481. The maximum Gasteiger partial charge on any atom is 0.244 e. The van der Waals surface area contributed by atoms with Crippen molar-refractivity contribution >= 4 is 11.8 Å². The van der Waals surface area contributed by atoms with E-state index in [1.807, 2.05) is 12.3 Å². The molecule has 204 valence electrons. The van der Waals surface area contributed by atoms with E-state index in [1.165, 1.54) is 17.0 Å². The largest absolute Gasteiger partial charge is 0.493 e. The van der Waals surface area contributed by atoms with E-state index in [0.717, 1.165) is 17.5 Å². The zero-order valence-electron chi connectivity index (χ0n) is 22.1. The number of amides is 2. The predicted octanol–water partition coefficient (Wildman–Crippen LogP) is 2.37. The molecule has 0 fully saturated rings. The summed E-state index contributed by atoms with van der Waals surface area (Å²) < 4.78 is 20.1. The van der Waals surface area contributed by atoms with Crippen LogP contribution in [-0.2, 0) is 29.0 Å². The highest BCUT2D eigenvalue weighted by Crippen LogP contribution is 2.20. The molecule has 0 spiro atoms. The van der Waals surface area contributed by atoms with Crippen molar-refractivity contribution in [2.45, 2.75) is 70.2 Å². The second-order valence-corrected chi connectivity index (χ2v) is 9.60. The number of aliphatic hydroxyl groups excluding tert-OH is 1. The molecule has 0 unspecified atom stereocenters. The van der Waals surface area contributed by atoms with Crippen molar-refractivity contribution in [2.75, 3.05) is 20.2 Å². The molecular formula is C29H37FN4O4. The standard InChI is InChI=1S/C29H37FN4O4/c1-4-8-26-29(37)33-25(27(35)19-32-18-22-11-20(5-2)16-31-17-22)14-21-12-23(30)15-24(13-21)38-10-7-6-9-28(36)34(26)3/h1,11-13,15-17,25-27,32,35H,5-10,14,18-19H2,2-3H3,(H,33,37)/t25-,26-,27+/m0/s1. The molecule has 3 rings (SSSR count). The molecule has 2 heterocycles. The highest BCUT2D eigenvalue weighted by molar-refractivity contribution is 5.88. The zero-order valence-corrected chi connectivity index (χ0v) is 22.1. The molecule has 1 aromatic heterocycles. The minimum atomic E-state index is -1.02. The Balaban J connectivity index is 1.82. The zero-order chi connectivity index (χ0) is 27.5. The highest BCUT2D eigenvalue weighted by atomic mass is 19.1. The summed E-state index contributed by atoms with van der Waals surface area (Å²) >= 11 is 0. The van der Waals surface area contributed by atoms with Gasteiger partial charge in [-0.25, -0.2) is 4.39 Å². The van der Waals surface area contributed by atoms with Crippen LogP contribution in [0.15, 0.2) is 36.7 Å². The summed E-state index contributed by atoms with van der Waals surface area (Å²) in [6.45, 7) is 3.02. The molecule has 38 heavy (non-hydrogen) atoms. The van der Waals surface area contributed by atoms with Crippen molar-refractivity contribution < 1.29 is 23.8 Å². The summed E-state index contributed by atoms with van der Waals surface area (Å²) in [5.74, 6) is 1.70. The number of nitrogens with zero attached hydrogens (tertiary/aromatic N) is 2. The lowest BCUT2D eigenvalue weighted by Crippen LogP contribution is -2.55. The van der Waals surface area contributed by atoms with Gasteiger partial charge >= 0.3 is 0 Å². The Morgan fingerprint density at radius 3 is 2.82 bits per heavy atom. The van der Waals surface area contributed by atoms with Gasteiger partial charge in [0.2, 0.25) is 11.8 Å². The summed E-state index contributed by atoms with van der Waals surface area (Å²) in [5.41, 5.74) is 2.65. The first kappa shape index (κ1) is 29.1. The first-order valence-corrected chi connectivity index (χ1v) is 13.0. The SMILES string of the molecule is C#CC[C@H]1C(=O)N[C@H]([C@H](O)CNCc2cncc(CC)c2)Cc2cc(F)cc(c2)OCCCCC(=O)N1C. The van der Waals surface area contributed by atoms with Gasteiger partial charge in [-0.05, 0) is 54.5 Å². The van der Waals surface area contributed by atoms with E-state index in [-0.39, 0.29) is 31.7 Å². The third-order valence-corrected chi connectivity index (χ3v) is 6.65. The molecule has 9 heteroatoms. The van der Waals surface area contributed by atoms with E-state index in [4.69, 9.17) is 11.2 Å². The summed E-state index contributed by atoms with van der Waals surface area (Å²) in [6, 6.07) is 4.75. The summed E-state index contributed by atoms with van der Waals surface area (Å²) in [6.07, 6.45) is 10.5. The van der Waals surface area contributed by atoms with Gasteiger partial charge in [0.25, 0.3) is 0 Å². The number of benzene rings is 1. The Bertz CT molecular complexity index is 1140. The number of likely N-dealkylation sites (N-methyl/N-ethyl adjacent to an activating group) is 1. The van der Waals surface area contributed by atoms with Crippen LogP contribution in [-0.4, -0.2) is 65.2 Å². The minimum absolute atomic E-state index is 0.0309. The Hall–Kier alpha value is -3.48. The monoisotopic (exact) mass is 524 g/mol. The van der Waals surface area contributed by atoms with Crippen LogP contribution in [0, 0.1) is 18.2 Å². The van der Waals surface area contributed by atoms with Crippen LogP contribution in [0.4, 0.5) is 4.39 Å². The average Bonchev–Trinajstić information content (AvgIpc) is 2.90. The van der Waals surface area contributed by atoms with Crippen LogP contribution < -0.4 is 15.4 Å². The van der Waals surface area contributed by atoms with Crippen molar-refractivity contribution in [1.82, 2.24) is 20.5 Å². The van der Waals surface area contributed by atoms with Crippen LogP contribution in [0.5, 0.6) is 5.75 Å². The fourth-order valence-electron chi connectivity index (χ4n) is 4.41. The number of hydrogen-bond donors (Lipinski definition) is 3. The second-order valence-electron chi connectivity index (χ2n) is 9.60. The first-order chi connectivity index (χ1) is 18.3. The van der Waals surface area contributed by atoms with Gasteiger partial charge in [0.05, 0.1) is 18.8 Å². The third-order valence-electron chi connectivity index (χ3n) is 6.65. The molecule has 0 saturated carbocycles. The van der Waals surface area contributed by atoms with E-state index >= 15 is 0 Å². The highest BCUT2D eigenvalue weighted by Gasteiger charge is 2.30. The number of aryl methyl sites for hydroxylation is 1. The van der Waals surface area contributed by atoms with Gasteiger partial charge < -0.3 is 25.4 Å². The van der Waals surface area contributed by atoms with E-state index in [9.17, 15) is 19.1 Å². The smallest absolute Gasteiger partial charge is 0.244 e. The molecule has 3 N–H and O–H groups in total. The Labute approximate surface area is 224 Å². The van der Waals surface area contributed by atoms with Crippen molar-refractivity contribution in [2.24, 2.45) is 0 Å². The molecule has 1 aromatic carbocycles. The number of halogens is 1. The van der Waals surface area contributed by atoms with Crippen molar-refractivity contribution in [1.29, 1.82) is 0 Å². The number of fused-ring (bicyclic) bond motifs is 2. The van der Waals surface area contributed by atoms with E-state index in [0.29, 0.717) is 37.3 Å². The maximum atomic E-state index is 14.4. The molecule has 0 aliphatic carbocycles. The van der Waals surface area contributed by atoms with Gasteiger partial charge in [-0.1, -0.05) is 13.0 Å². The molecule has 2 bridgehead atoms. The number of carbonyl (C=O) groups is 2. The number of aliphatic hydroxyl groups is 1. The van der Waals surface area contributed by atoms with Crippen molar-refractivity contribution in [3.63, 3.8) is 0 Å². The molecule has 8 nitrogen and oxygen atoms in total. The van der Waals surface area contributed by atoms with Gasteiger partial charge in [-0.15, -0.1) is 12.3 Å². The predicted molar refractivity (Wildman–Crippen MR) is 143 cm³/mol. The molecule has 2 aromatic rings. The molecule has 1 aliphatic heterocycles. The fraction of sp³-hybridized carbons (Fsp3) is 0.483. The molecule has 1 aliphatic rings. The van der Waals surface area contributed by atoms with Gasteiger partial charge in [0.1, 0.15) is 17.6 Å². The molecular weight excluding hydrogens is 487 g/mol. The van der Waals surface area contributed by atoms with Crippen LogP contribution in [0.1, 0.15) is 49.3 Å². The summed E-state index contributed by atoms with van der Waals surface area (Å²) in [7, 11) is 1.56. The Morgan fingerprint density at radius 2 is 2.05 bits per heavy atom. The summed E-state index contributed by atoms with van der Waals surface area (Å²) in [4.78, 5) is 31.7. The number of aromatic nitrogens is 1. The maximum absolute atomic E-state index is 14.4. The summed E-state index contributed by atoms with van der Waals surface area (Å²) in [5, 5.41) is 17.2. The van der Waals surface area contributed by atoms with Gasteiger partial charge in [-0.3, -0.25) is 14.6 Å². The Morgan fingerprint density at radius 1 is 1.26 bits per heavy atom. The first-order valence-electron chi connectivity index (χ1n) is 13.0. The minimum Gasteiger partial charge on any atom is -0.493 e. The van der Waals surface area contributed by atoms with E-state index in [1.54, 1.807) is 19.3 Å². The lowest BCUT2D eigenvalue weighted by atomic mass is 9.99. The van der Waals surface area contributed by atoms with Gasteiger partial charge in [0.15, 0.2) is 0 Å². The van der Waals surface area contributed by atoms with Crippen molar-refractivity contribution in [3.8, 4) is 18.1 Å². The molecule has 0 radical (unpaired) electrons. The third kappa shape index (κ3) is 8.54. The average molecular weight is 525 g/mol. The topological polar surface area (TPSA) is 104 Å². The van der Waals surface area contributed by atoms with E-state index < -0.39 is 29.9 Å². The Kier molecular flexibility index (Phi) is 11.1. The van der Waals surface area contributed by atoms with Crippen molar-refractivity contribution in [3.05, 3.63) is 59.2 Å². The van der Waals surface area contributed by atoms with Gasteiger partial charge in [0, 0.05) is 51.4 Å². The number of ether oxygens (including phenoxy) is 1. The van der Waals surface area contributed by atoms with Crippen LogP contribution in [0.25, 0.3) is 0 Å². The normalized spacial score (nSPS) is 19.9. The lowest BCUT2D eigenvalue weighted by Gasteiger charge is -2.30. The fourth-order valence-corrected chi connectivity index (χ4v) is 4.41. The number of nitrogens with one attached hydrogen (secondary N) is 2. The molecule has 3 atom stereocenters. The van der Waals surface area contributed by atoms with Crippen LogP contribution >= 0.6 is 0 Å². The van der Waals surface area contributed by atoms with Crippen LogP contribution in [0.2, 0.25) is 0 Å². The lowest BCUT2D eigenvalue weighted by molar-refractivity contribution is -0.139. The number of carbonyl (C=O) groups excluding carboxylic acids is 2. The number of terminal acetylenes is 1. The number of rotatable bonds is 7.